The first-order valence-electron chi connectivity index (χ1n) is 5.01. The Kier molecular flexibility index (Phi) is 4.70. The van der Waals surface area contributed by atoms with Gasteiger partial charge in [-0.1, -0.05) is 11.3 Å². The summed E-state index contributed by atoms with van der Waals surface area (Å²) in [7, 11) is 0. The monoisotopic (exact) mass is 258 g/mol. The highest BCUT2D eigenvalue weighted by Gasteiger charge is 2.08. The zero-order chi connectivity index (χ0) is 12.8. The third-order valence-corrected chi connectivity index (χ3v) is 2.37. The number of amides is 1. The number of nitrogens with two attached hydrogens (primary N) is 2. The maximum Gasteiger partial charge on any atom is 0.407 e. The molecule has 0 unspecified atom stereocenters. The van der Waals surface area contributed by atoms with Crippen LogP contribution in [0.3, 0.4) is 0 Å². The quantitative estimate of drug-likeness (QED) is 0.398. The van der Waals surface area contributed by atoms with Crippen LogP contribution in [-0.2, 0) is 11.3 Å². The molecule has 0 spiro atoms. The van der Waals surface area contributed by atoms with Crippen molar-refractivity contribution < 1.29 is 14.5 Å². The molecule has 0 saturated carbocycles. The molecular weight excluding hydrogens is 242 g/mol. The normalized spacial score (nSPS) is 10.1. The van der Waals surface area contributed by atoms with Crippen molar-refractivity contribution in [3.8, 4) is 0 Å². The molecule has 94 valence electrons. The molecule has 1 amide bonds. The molecule has 0 aliphatic heterocycles. The average molecular weight is 258 g/mol. The van der Waals surface area contributed by atoms with Gasteiger partial charge in [0, 0.05) is 5.38 Å². The second-order valence-corrected chi connectivity index (χ2v) is 4.39. The van der Waals surface area contributed by atoms with E-state index < -0.39 is 6.09 Å². The molecule has 0 aliphatic carbocycles. The van der Waals surface area contributed by atoms with E-state index >= 15 is 0 Å². The molecule has 17 heavy (non-hydrogen) atoms. The maximum absolute atomic E-state index is 11.2. The van der Waals surface area contributed by atoms with Crippen molar-refractivity contribution in [1.82, 2.24) is 10.3 Å². The van der Waals surface area contributed by atoms with E-state index in [-0.39, 0.29) is 12.1 Å². The van der Waals surface area contributed by atoms with E-state index in [0.717, 1.165) is 0 Å². The van der Waals surface area contributed by atoms with Crippen LogP contribution in [0.5, 0.6) is 0 Å². The number of nitrogens with zero attached hydrogens (tertiary/aromatic N) is 1. The molecule has 1 rings (SSSR count). The number of hydrogen-bond donors (Lipinski definition) is 4. The summed E-state index contributed by atoms with van der Waals surface area (Å²) in [6.07, 6.45) is -0.610. The lowest BCUT2D eigenvalue weighted by Gasteiger charge is -2.07. The van der Waals surface area contributed by atoms with E-state index in [4.69, 9.17) is 16.2 Å². The van der Waals surface area contributed by atoms with Crippen LogP contribution in [0.25, 0.3) is 0 Å². The Hall–Kier alpha value is -1.83. The molecule has 0 fully saturated rings. The average Bonchev–Trinajstić information content (AvgIpc) is 2.60. The number of nitrogens with one attached hydrogen (secondary N) is 2. The third kappa shape index (κ3) is 5.16. The SMILES string of the molecule is CC(C)OC(=O)NCc1csc([NH+]=C(N)N)n1. The predicted molar refractivity (Wildman–Crippen MR) is 64.6 cm³/mol. The standard InChI is InChI=1S/C9H15N5O2S/c1-5(2)16-9(15)12-3-6-4-17-8(13-6)14-7(10)11/h4-5H,3H2,1-2H3,(H,12,15)(H4,10,11,13,14)/p+1. The van der Waals surface area contributed by atoms with Crippen LogP contribution in [0, 0.1) is 0 Å². The zero-order valence-corrected chi connectivity index (χ0v) is 10.5. The summed E-state index contributed by atoms with van der Waals surface area (Å²) in [5.41, 5.74) is 11.2. The number of ether oxygens (including phenoxy) is 1. The van der Waals surface area contributed by atoms with Gasteiger partial charge in [-0.3, -0.25) is 0 Å². The Morgan fingerprint density at radius 3 is 2.94 bits per heavy atom. The number of guanidine groups is 1. The minimum absolute atomic E-state index is 0.0816. The van der Waals surface area contributed by atoms with Crippen LogP contribution in [0.15, 0.2) is 5.38 Å². The Bertz CT molecular complexity index is 411. The lowest BCUT2D eigenvalue weighted by molar-refractivity contribution is -0.355. The van der Waals surface area contributed by atoms with E-state index in [1.165, 1.54) is 11.3 Å². The van der Waals surface area contributed by atoms with Crippen molar-refractivity contribution in [2.75, 3.05) is 0 Å². The van der Waals surface area contributed by atoms with Gasteiger partial charge >= 0.3 is 12.1 Å². The minimum Gasteiger partial charge on any atom is -0.447 e. The molecular formula is C9H16N5O2S+. The first-order valence-corrected chi connectivity index (χ1v) is 5.89. The number of aromatic nitrogens is 1. The van der Waals surface area contributed by atoms with Crippen molar-refractivity contribution >= 4 is 28.5 Å². The largest absolute Gasteiger partial charge is 0.447 e. The lowest BCUT2D eigenvalue weighted by Crippen LogP contribution is -2.72. The second-order valence-electron chi connectivity index (χ2n) is 3.53. The van der Waals surface area contributed by atoms with Crippen molar-refractivity contribution in [3.05, 3.63) is 11.1 Å². The van der Waals surface area contributed by atoms with Crippen molar-refractivity contribution in [3.63, 3.8) is 0 Å². The Morgan fingerprint density at radius 2 is 2.35 bits per heavy atom. The fourth-order valence-electron chi connectivity index (χ4n) is 0.988. The highest BCUT2D eigenvalue weighted by Crippen LogP contribution is 2.09. The topological polar surface area (TPSA) is 117 Å². The highest BCUT2D eigenvalue weighted by atomic mass is 32.1. The fraction of sp³-hybridized carbons (Fsp3) is 0.444. The van der Waals surface area contributed by atoms with Gasteiger partial charge < -0.3 is 21.5 Å². The van der Waals surface area contributed by atoms with Gasteiger partial charge in [0.2, 0.25) is 0 Å². The summed E-state index contributed by atoms with van der Waals surface area (Å²) in [5.74, 6) is 0.0816. The maximum atomic E-state index is 11.2. The van der Waals surface area contributed by atoms with Gasteiger partial charge in [0.1, 0.15) is 5.69 Å². The molecule has 7 nitrogen and oxygen atoms in total. The molecule has 8 heteroatoms. The van der Waals surface area contributed by atoms with Gasteiger partial charge in [-0.2, -0.15) is 0 Å². The van der Waals surface area contributed by atoms with Crippen molar-refractivity contribution in [2.24, 2.45) is 11.5 Å². The van der Waals surface area contributed by atoms with Gasteiger partial charge in [-0.05, 0) is 13.8 Å². The van der Waals surface area contributed by atoms with E-state index in [1.54, 1.807) is 19.2 Å². The molecule has 0 bridgehead atoms. The smallest absolute Gasteiger partial charge is 0.407 e. The van der Waals surface area contributed by atoms with Crippen molar-refractivity contribution in [2.45, 2.75) is 26.5 Å². The van der Waals surface area contributed by atoms with E-state index in [2.05, 4.69) is 15.3 Å². The van der Waals surface area contributed by atoms with Crippen LogP contribution < -0.4 is 21.8 Å². The first kappa shape index (κ1) is 13.2. The first-order chi connectivity index (χ1) is 7.97. The van der Waals surface area contributed by atoms with E-state index in [1.807, 2.05) is 0 Å². The zero-order valence-electron chi connectivity index (χ0n) is 9.69. The Labute approximate surface area is 103 Å². The Morgan fingerprint density at radius 1 is 1.65 bits per heavy atom. The molecule has 6 N–H and O–H groups in total. The number of carbonyl (C=O) groups excluding carboxylic acids is 1. The summed E-state index contributed by atoms with van der Waals surface area (Å²) in [4.78, 5) is 18.0. The summed E-state index contributed by atoms with van der Waals surface area (Å²) in [6.45, 7) is 3.86. The molecule has 0 atom stereocenters. The van der Waals surface area contributed by atoms with Crippen LogP contribution in [0.2, 0.25) is 0 Å². The molecule has 0 aliphatic rings. The van der Waals surface area contributed by atoms with Crippen LogP contribution in [-0.4, -0.2) is 23.1 Å². The second kappa shape index (κ2) is 6.04. The predicted octanol–water partition coefficient (Wildman–Crippen LogP) is -1.24. The van der Waals surface area contributed by atoms with Crippen LogP contribution >= 0.6 is 11.3 Å². The van der Waals surface area contributed by atoms with Gasteiger partial charge in [0.15, 0.2) is 0 Å². The summed E-state index contributed by atoms with van der Waals surface area (Å²) in [5, 5.41) is 4.96. The molecule has 1 heterocycles. The fourth-order valence-corrected chi connectivity index (χ4v) is 1.72. The van der Waals surface area contributed by atoms with E-state index in [0.29, 0.717) is 17.4 Å². The van der Waals surface area contributed by atoms with Crippen LogP contribution in [0.1, 0.15) is 19.5 Å². The number of hydrogen-bond acceptors (Lipinski definition) is 4. The number of carbonyl (C=O) groups is 1. The molecule has 1 aromatic rings. The summed E-state index contributed by atoms with van der Waals surface area (Å²) in [6, 6.07) is 0. The van der Waals surface area contributed by atoms with Gasteiger partial charge in [0.25, 0.3) is 5.13 Å². The van der Waals surface area contributed by atoms with Gasteiger partial charge in [-0.15, -0.1) is 4.98 Å². The minimum atomic E-state index is -0.465. The number of alkyl carbamates (subject to hydrolysis) is 1. The third-order valence-electron chi connectivity index (χ3n) is 1.56. The molecule has 0 radical (unpaired) electrons. The number of rotatable bonds is 4. The van der Waals surface area contributed by atoms with Gasteiger partial charge in [0.05, 0.1) is 12.6 Å². The summed E-state index contributed by atoms with van der Waals surface area (Å²) >= 11 is 1.35. The molecule has 0 aromatic carbocycles. The van der Waals surface area contributed by atoms with Crippen LogP contribution in [0.4, 0.5) is 9.93 Å². The number of thiazole rings is 1. The van der Waals surface area contributed by atoms with E-state index in [9.17, 15) is 4.79 Å². The Balaban J connectivity index is 2.45. The van der Waals surface area contributed by atoms with Gasteiger partial charge in [-0.25, -0.2) is 9.79 Å². The molecule has 1 aromatic heterocycles. The van der Waals surface area contributed by atoms with Crippen molar-refractivity contribution in [1.29, 1.82) is 0 Å². The highest BCUT2D eigenvalue weighted by molar-refractivity contribution is 7.12. The molecule has 0 saturated heterocycles. The summed E-state index contributed by atoms with van der Waals surface area (Å²) < 4.78 is 4.91. The lowest BCUT2D eigenvalue weighted by atomic mass is 10.5.